The van der Waals surface area contributed by atoms with Gasteiger partial charge in [0.15, 0.2) is 0 Å². The largest absolute Gasteiger partial charge is 0.411 e. The molecule has 0 fully saturated rings. The van der Waals surface area contributed by atoms with Crippen LogP contribution in [0, 0.1) is 5.82 Å². The van der Waals surface area contributed by atoms with Gasteiger partial charge in [-0.15, -0.1) is 0 Å². The maximum absolute atomic E-state index is 13.2. The fourth-order valence-electron chi connectivity index (χ4n) is 0.973. The summed E-state index contributed by atoms with van der Waals surface area (Å²) in [5, 5.41) is 11.0. The number of benzene rings is 1. The molecule has 0 saturated heterocycles. The lowest BCUT2D eigenvalue weighted by molar-refractivity contribution is 0.321. The van der Waals surface area contributed by atoms with Crippen LogP contribution in [0.2, 0.25) is 0 Å². The maximum Gasteiger partial charge on any atom is 0.216 e. The van der Waals surface area contributed by atoms with E-state index in [1.54, 1.807) is 0 Å². The summed E-state index contributed by atoms with van der Waals surface area (Å²) < 4.78 is 11.4. The van der Waals surface area contributed by atoms with E-state index >= 15 is 0 Å². The van der Waals surface area contributed by atoms with Crippen LogP contribution in [-0.2, 0) is 3.79 Å². The molecule has 0 amide bonds. The molecule has 76 valence electrons. The van der Waals surface area contributed by atoms with Crippen LogP contribution in [0.25, 0.3) is 0 Å². The first-order valence-electron chi connectivity index (χ1n) is 3.50. The molecular weight excluding hydrogens is 251 g/mol. The van der Waals surface area contributed by atoms with Crippen molar-refractivity contribution in [2.24, 2.45) is 5.16 Å². The lowest BCUT2D eigenvalue weighted by atomic mass is 10.1. The first-order valence-corrected chi connectivity index (χ1v) is 4.63. The van der Waals surface area contributed by atoms with Crippen LogP contribution in [0.1, 0.15) is 11.1 Å². The molecule has 0 atom stereocenters. The zero-order valence-corrected chi connectivity index (χ0v) is 8.98. The highest BCUT2D eigenvalue weighted by Gasteiger charge is 2.26. The molecule has 0 aliphatic heterocycles. The Morgan fingerprint density at radius 1 is 1.36 bits per heavy atom. The molecule has 1 aromatic carbocycles. The number of hydrogen-bond donors (Lipinski definition) is 1. The molecule has 0 unspecified atom stereocenters. The predicted molar refractivity (Wildman–Crippen MR) is 55.0 cm³/mol. The third-order valence-electron chi connectivity index (χ3n) is 1.55. The van der Waals surface area contributed by atoms with Gasteiger partial charge in [0.25, 0.3) is 0 Å². The lowest BCUT2D eigenvalue weighted by Gasteiger charge is -2.13. The fraction of sp³-hybridized carbons (Fsp3) is 0.125. The van der Waals surface area contributed by atoms with Crippen LogP contribution in [0.15, 0.2) is 23.4 Å². The van der Waals surface area contributed by atoms with Crippen molar-refractivity contribution < 1.29 is 9.60 Å². The van der Waals surface area contributed by atoms with Gasteiger partial charge in [0.05, 0.1) is 6.21 Å². The van der Waals surface area contributed by atoms with Gasteiger partial charge in [0.2, 0.25) is 3.79 Å². The van der Waals surface area contributed by atoms with Gasteiger partial charge < -0.3 is 5.21 Å². The maximum atomic E-state index is 13.2. The molecule has 2 nitrogen and oxygen atoms in total. The summed E-state index contributed by atoms with van der Waals surface area (Å²) in [6, 6.07) is 4.02. The van der Waals surface area contributed by atoms with E-state index in [2.05, 4.69) is 5.16 Å². The molecule has 6 heteroatoms. The van der Waals surface area contributed by atoms with E-state index in [0.29, 0.717) is 0 Å². The van der Waals surface area contributed by atoms with Gasteiger partial charge in [-0.1, -0.05) is 52.1 Å². The van der Waals surface area contributed by atoms with Crippen LogP contribution in [0.5, 0.6) is 0 Å². The second kappa shape index (κ2) is 4.34. The molecule has 14 heavy (non-hydrogen) atoms. The van der Waals surface area contributed by atoms with E-state index in [1.165, 1.54) is 18.2 Å². The topological polar surface area (TPSA) is 32.6 Å². The summed E-state index contributed by atoms with van der Waals surface area (Å²) >= 11 is 16.8. The van der Waals surface area contributed by atoms with E-state index in [1.807, 2.05) is 0 Å². The minimum Gasteiger partial charge on any atom is -0.411 e. The Balaban J connectivity index is 3.36. The Bertz CT molecular complexity index is 362. The minimum absolute atomic E-state index is 0.0463. The van der Waals surface area contributed by atoms with Crippen molar-refractivity contribution in [2.45, 2.75) is 3.79 Å². The van der Waals surface area contributed by atoms with Crippen LogP contribution in [0.3, 0.4) is 0 Å². The predicted octanol–water partition coefficient (Wildman–Crippen LogP) is 3.46. The Hall–Kier alpha value is -0.510. The van der Waals surface area contributed by atoms with Crippen molar-refractivity contribution in [3.63, 3.8) is 0 Å². The van der Waals surface area contributed by atoms with Gasteiger partial charge in [-0.25, -0.2) is 4.39 Å². The number of hydrogen-bond acceptors (Lipinski definition) is 2. The van der Waals surface area contributed by atoms with E-state index in [-0.39, 0.29) is 11.1 Å². The monoisotopic (exact) mass is 255 g/mol. The third kappa shape index (κ3) is 2.50. The van der Waals surface area contributed by atoms with E-state index < -0.39 is 9.61 Å². The molecule has 0 radical (unpaired) electrons. The number of rotatable bonds is 1. The lowest BCUT2D eigenvalue weighted by Crippen LogP contribution is -2.06. The molecule has 0 aliphatic carbocycles. The van der Waals surface area contributed by atoms with Crippen molar-refractivity contribution in [1.29, 1.82) is 0 Å². The standard InChI is InChI=1S/C8H5Cl3FNO/c9-8(10,11)6-2-1-3-7(12)5(6)4-13-14/h1-4,14H. The van der Waals surface area contributed by atoms with Crippen molar-refractivity contribution in [2.75, 3.05) is 0 Å². The first-order chi connectivity index (χ1) is 6.46. The van der Waals surface area contributed by atoms with Gasteiger partial charge in [0, 0.05) is 11.1 Å². The summed E-state index contributed by atoms with van der Waals surface area (Å²) in [5.41, 5.74) is 0.0790. The normalized spacial score (nSPS) is 12.3. The second-order valence-electron chi connectivity index (χ2n) is 2.44. The number of nitrogens with zero attached hydrogens (tertiary/aromatic N) is 1. The van der Waals surface area contributed by atoms with Crippen LogP contribution >= 0.6 is 34.8 Å². The molecule has 0 aliphatic rings. The Morgan fingerprint density at radius 3 is 2.50 bits per heavy atom. The van der Waals surface area contributed by atoms with Crippen LogP contribution < -0.4 is 0 Å². The first kappa shape index (κ1) is 11.6. The van der Waals surface area contributed by atoms with Gasteiger partial charge in [0.1, 0.15) is 5.82 Å². The summed E-state index contributed by atoms with van der Waals surface area (Å²) in [6.07, 6.45) is 0.882. The summed E-state index contributed by atoms with van der Waals surface area (Å²) in [4.78, 5) is 0. The SMILES string of the molecule is ON=Cc1c(F)cccc1C(Cl)(Cl)Cl. The molecule has 0 bridgehead atoms. The molecule has 0 heterocycles. The van der Waals surface area contributed by atoms with Gasteiger partial charge in [-0.05, 0) is 6.07 Å². The van der Waals surface area contributed by atoms with Crippen LogP contribution in [0.4, 0.5) is 4.39 Å². The molecule has 1 aromatic rings. The number of alkyl halides is 3. The second-order valence-corrected chi connectivity index (χ2v) is 4.72. The van der Waals surface area contributed by atoms with Gasteiger partial charge in [-0.2, -0.15) is 0 Å². The van der Waals surface area contributed by atoms with Gasteiger partial charge in [-0.3, -0.25) is 0 Å². The quantitative estimate of drug-likeness (QED) is 0.355. The van der Waals surface area contributed by atoms with E-state index in [0.717, 1.165) is 6.21 Å². The smallest absolute Gasteiger partial charge is 0.216 e. The molecule has 0 spiro atoms. The Morgan fingerprint density at radius 2 is 2.00 bits per heavy atom. The van der Waals surface area contributed by atoms with Crippen molar-refractivity contribution in [3.05, 3.63) is 35.1 Å². The number of halogens is 4. The summed E-state index contributed by atoms with van der Waals surface area (Å²) in [5.74, 6) is -0.619. The Kier molecular flexibility index (Phi) is 3.59. The Labute approximate surface area is 94.9 Å². The van der Waals surface area contributed by atoms with E-state index in [4.69, 9.17) is 40.0 Å². The molecule has 0 saturated carbocycles. The molecule has 1 rings (SSSR count). The van der Waals surface area contributed by atoms with Gasteiger partial charge >= 0.3 is 0 Å². The highest BCUT2D eigenvalue weighted by atomic mass is 35.6. The highest BCUT2D eigenvalue weighted by Crippen LogP contribution is 2.40. The zero-order valence-electron chi connectivity index (χ0n) is 6.72. The van der Waals surface area contributed by atoms with Crippen molar-refractivity contribution in [1.82, 2.24) is 0 Å². The molecule has 0 aromatic heterocycles. The van der Waals surface area contributed by atoms with Crippen molar-refractivity contribution in [3.8, 4) is 0 Å². The molecule has 1 N–H and O–H groups in total. The van der Waals surface area contributed by atoms with E-state index in [9.17, 15) is 4.39 Å². The fourth-order valence-corrected chi connectivity index (χ4v) is 1.47. The zero-order chi connectivity index (χ0) is 10.8. The summed E-state index contributed by atoms with van der Waals surface area (Å²) in [7, 11) is 0. The highest BCUT2D eigenvalue weighted by molar-refractivity contribution is 6.66. The number of oxime groups is 1. The average molecular weight is 256 g/mol. The summed E-state index contributed by atoms with van der Waals surface area (Å²) in [6.45, 7) is 0. The van der Waals surface area contributed by atoms with Crippen LogP contribution in [-0.4, -0.2) is 11.4 Å². The molecular formula is C8H5Cl3FNO. The average Bonchev–Trinajstić information content (AvgIpc) is 2.07. The third-order valence-corrected chi connectivity index (χ3v) is 2.16. The van der Waals surface area contributed by atoms with Crippen molar-refractivity contribution >= 4 is 41.0 Å². The minimum atomic E-state index is -1.75.